The highest BCUT2D eigenvalue weighted by molar-refractivity contribution is 5.77. The van der Waals surface area contributed by atoms with E-state index in [1.165, 1.54) is 0 Å². The maximum atomic E-state index is 10.2. The highest BCUT2D eigenvalue weighted by Gasteiger charge is 2.02. The van der Waals surface area contributed by atoms with Gasteiger partial charge >= 0.3 is 1.43 Å². The molecule has 0 saturated heterocycles. The highest BCUT2D eigenvalue weighted by Crippen LogP contribution is 1.89. The minimum absolute atomic E-state index is 0. The molecule has 0 aliphatic rings. The van der Waals surface area contributed by atoms with E-state index in [0.29, 0.717) is 18.9 Å². The second-order valence-electron chi connectivity index (χ2n) is 1.76. The van der Waals surface area contributed by atoms with Crippen LogP contribution < -0.4 is 0 Å². The zero-order valence-corrected chi connectivity index (χ0v) is 5.80. The first-order valence-electron chi connectivity index (χ1n) is 2.91. The van der Waals surface area contributed by atoms with Crippen molar-refractivity contribution < 1.29 is 15.8 Å². The van der Waals surface area contributed by atoms with E-state index < -0.39 is 0 Å². The highest BCUT2D eigenvalue weighted by atomic mass is 16.1. The van der Waals surface area contributed by atoms with Crippen LogP contribution in [-0.2, 0) is 0 Å². The van der Waals surface area contributed by atoms with Gasteiger partial charge in [-0.2, -0.15) is 0 Å². The van der Waals surface area contributed by atoms with Crippen LogP contribution >= 0.6 is 0 Å². The SMILES string of the molecule is O=Cc1nc(C=O)nc(C=O)n1.[H+]. The Kier molecular flexibility index (Phi) is 2.32. The van der Waals surface area contributed by atoms with Gasteiger partial charge in [0, 0.05) is 0 Å². The Morgan fingerprint density at radius 3 is 1.17 bits per heavy atom. The van der Waals surface area contributed by atoms with Gasteiger partial charge in [-0.05, 0) is 0 Å². The summed E-state index contributed by atoms with van der Waals surface area (Å²) in [6, 6.07) is 0. The molecule has 0 saturated carbocycles. The van der Waals surface area contributed by atoms with Crippen molar-refractivity contribution in [3.8, 4) is 0 Å². The van der Waals surface area contributed by atoms with Crippen LogP contribution in [0.4, 0.5) is 0 Å². The molecular formula is C6H4N3O3+. The van der Waals surface area contributed by atoms with Gasteiger partial charge in [0.2, 0.25) is 0 Å². The van der Waals surface area contributed by atoms with Crippen molar-refractivity contribution >= 4 is 18.9 Å². The average Bonchev–Trinajstić information content (AvgIpc) is 2.16. The first-order chi connectivity index (χ1) is 5.80. The van der Waals surface area contributed by atoms with E-state index in [0.717, 1.165) is 0 Å². The monoisotopic (exact) mass is 166 g/mol. The van der Waals surface area contributed by atoms with Crippen molar-refractivity contribution in [1.29, 1.82) is 0 Å². The van der Waals surface area contributed by atoms with Crippen LogP contribution in [0.2, 0.25) is 0 Å². The van der Waals surface area contributed by atoms with Gasteiger partial charge in [-0.25, -0.2) is 15.0 Å². The van der Waals surface area contributed by atoms with Gasteiger partial charge in [0.05, 0.1) is 0 Å². The Morgan fingerprint density at radius 1 is 0.750 bits per heavy atom. The third-order valence-electron chi connectivity index (χ3n) is 1.00. The van der Waals surface area contributed by atoms with Crippen LogP contribution in [0.25, 0.3) is 0 Å². The van der Waals surface area contributed by atoms with Crippen molar-refractivity contribution in [2.75, 3.05) is 0 Å². The van der Waals surface area contributed by atoms with Gasteiger partial charge in [0.25, 0.3) is 0 Å². The van der Waals surface area contributed by atoms with Gasteiger partial charge in [-0.15, -0.1) is 0 Å². The molecule has 0 aliphatic carbocycles. The van der Waals surface area contributed by atoms with Crippen molar-refractivity contribution in [1.82, 2.24) is 15.0 Å². The minimum Gasteiger partial charge on any atom is -0.294 e. The van der Waals surface area contributed by atoms with E-state index in [9.17, 15) is 14.4 Å². The Balaban J connectivity index is 0.00000144. The molecule has 0 N–H and O–H groups in total. The van der Waals surface area contributed by atoms with E-state index in [4.69, 9.17) is 0 Å². The number of carbonyl (C=O) groups is 3. The Hall–Kier alpha value is -1.98. The molecule has 0 bridgehead atoms. The van der Waals surface area contributed by atoms with Crippen LogP contribution in [0.5, 0.6) is 0 Å². The summed E-state index contributed by atoms with van der Waals surface area (Å²) in [6.45, 7) is 0. The lowest BCUT2D eigenvalue weighted by molar-refractivity contribution is 0.110. The second-order valence-corrected chi connectivity index (χ2v) is 1.76. The average molecular weight is 166 g/mol. The van der Waals surface area contributed by atoms with Gasteiger partial charge in [0.1, 0.15) is 0 Å². The van der Waals surface area contributed by atoms with Crippen molar-refractivity contribution in [3.05, 3.63) is 17.5 Å². The third kappa shape index (κ3) is 1.54. The van der Waals surface area contributed by atoms with Gasteiger partial charge < -0.3 is 0 Å². The molecule has 0 aliphatic heterocycles. The van der Waals surface area contributed by atoms with E-state index in [-0.39, 0.29) is 18.9 Å². The second kappa shape index (κ2) is 3.42. The van der Waals surface area contributed by atoms with Crippen LogP contribution in [0, 0.1) is 0 Å². The number of rotatable bonds is 3. The number of aldehydes is 3. The normalized spacial score (nSPS) is 9.00. The first-order valence-corrected chi connectivity index (χ1v) is 2.91. The lowest BCUT2D eigenvalue weighted by atomic mass is 10.5. The van der Waals surface area contributed by atoms with E-state index >= 15 is 0 Å². The number of aromatic nitrogens is 3. The Morgan fingerprint density at radius 2 is 1.00 bits per heavy atom. The standard InChI is InChI=1S/C6H3N3O3/c10-1-4-7-5(2-11)9-6(3-12)8-4/h1-3H/p+1. The molecule has 6 heteroatoms. The fraction of sp³-hybridized carbons (Fsp3) is 0. The van der Waals surface area contributed by atoms with E-state index in [1.807, 2.05) is 0 Å². The fourth-order valence-corrected chi connectivity index (χ4v) is 0.585. The zero-order valence-electron chi connectivity index (χ0n) is 6.80. The first kappa shape index (κ1) is 8.12. The molecule has 0 atom stereocenters. The summed E-state index contributed by atoms with van der Waals surface area (Å²) in [7, 11) is 0. The molecule has 0 unspecified atom stereocenters. The predicted molar refractivity (Wildman–Crippen MR) is 37.1 cm³/mol. The molecule has 0 spiro atoms. The smallest absolute Gasteiger partial charge is 0.294 e. The molecule has 0 radical (unpaired) electrons. The summed E-state index contributed by atoms with van der Waals surface area (Å²) < 4.78 is 0. The van der Waals surface area contributed by atoms with E-state index in [1.54, 1.807) is 0 Å². The number of nitrogens with zero attached hydrogens (tertiary/aromatic N) is 3. The largest absolute Gasteiger partial charge is 1.00 e. The number of hydrogen-bond donors (Lipinski definition) is 0. The van der Waals surface area contributed by atoms with Crippen LogP contribution in [-0.4, -0.2) is 33.8 Å². The molecule has 1 heterocycles. The molecule has 1 aromatic rings. The number of carbonyl (C=O) groups excluding carboxylic acids is 3. The summed E-state index contributed by atoms with van der Waals surface area (Å²) >= 11 is 0. The predicted octanol–water partition coefficient (Wildman–Crippen LogP) is -0.578. The number of hydrogen-bond acceptors (Lipinski definition) is 6. The minimum atomic E-state index is -0.228. The Labute approximate surface area is 68.2 Å². The molecule has 1 rings (SSSR count). The molecule has 0 amide bonds. The van der Waals surface area contributed by atoms with Gasteiger partial charge in [0.15, 0.2) is 36.3 Å². The molecule has 6 nitrogen and oxygen atoms in total. The quantitative estimate of drug-likeness (QED) is 0.558. The Bertz CT molecular complexity index is 277. The van der Waals surface area contributed by atoms with Gasteiger partial charge in [-0.3, -0.25) is 14.4 Å². The van der Waals surface area contributed by atoms with Crippen LogP contribution in [0.1, 0.15) is 33.3 Å². The van der Waals surface area contributed by atoms with Crippen molar-refractivity contribution in [2.24, 2.45) is 0 Å². The summed E-state index contributed by atoms with van der Waals surface area (Å²) in [5, 5.41) is 0. The topological polar surface area (TPSA) is 89.9 Å². The lowest BCUT2D eigenvalue weighted by Crippen LogP contribution is -2.05. The van der Waals surface area contributed by atoms with E-state index in [2.05, 4.69) is 15.0 Å². The van der Waals surface area contributed by atoms with Gasteiger partial charge in [-0.1, -0.05) is 0 Å². The third-order valence-corrected chi connectivity index (χ3v) is 1.00. The van der Waals surface area contributed by atoms with Crippen LogP contribution in [0.15, 0.2) is 0 Å². The van der Waals surface area contributed by atoms with Crippen molar-refractivity contribution in [2.45, 2.75) is 0 Å². The summed E-state index contributed by atoms with van der Waals surface area (Å²) in [4.78, 5) is 40.7. The summed E-state index contributed by atoms with van der Waals surface area (Å²) in [5.74, 6) is -0.683. The molecule has 60 valence electrons. The maximum Gasteiger partial charge on any atom is 1.00 e. The zero-order chi connectivity index (χ0) is 8.97. The maximum absolute atomic E-state index is 10.2. The summed E-state index contributed by atoms with van der Waals surface area (Å²) in [5.41, 5.74) is 0. The molecular weight excluding hydrogens is 162 g/mol. The fourth-order valence-electron chi connectivity index (χ4n) is 0.585. The molecule has 0 fully saturated rings. The van der Waals surface area contributed by atoms with Crippen molar-refractivity contribution in [3.63, 3.8) is 0 Å². The molecule has 1 aromatic heterocycles. The van der Waals surface area contributed by atoms with Crippen LogP contribution in [0.3, 0.4) is 0 Å². The summed E-state index contributed by atoms with van der Waals surface area (Å²) in [6.07, 6.45) is 1.00. The molecule has 0 aromatic carbocycles. The molecule has 12 heavy (non-hydrogen) atoms. The lowest BCUT2D eigenvalue weighted by Gasteiger charge is -1.92.